The molecule has 0 spiro atoms. The fraction of sp³-hybridized carbons (Fsp3) is 0.348. The molecule has 0 heterocycles. The second-order valence-electron chi connectivity index (χ2n) is 6.96. The molecule has 31 heavy (non-hydrogen) atoms. The number of esters is 1. The second kappa shape index (κ2) is 12.2. The lowest BCUT2D eigenvalue weighted by Crippen LogP contribution is -2.37. The van der Waals surface area contributed by atoms with E-state index in [0.29, 0.717) is 24.5 Å². The van der Waals surface area contributed by atoms with E-state index in [9.17, 15) is 14.4 Å². The quantitative estimate of drug-likeness (QED) is 0.437. The number of amides is 2. The molecule has 0 radical (unpaired) electrons. The minimum absolute atomic E-state index is 0.138. The molecule has 2 amide bonds. The van der Waals surface area contributed by atoms with E-state index in [-0.39, 0.29) is 18.9 Å². The monoisotopic (exact) mass is 428 g/mol. The van der Waals surface area contributed by atoms with Gasteiger partial charge in [0.2, 0.25) is 5.91 Å². The van der Waals surface area contributed by atoms with Crippen LogP contribution in [0.25, 0.3) is 0 Å². The second-order valence-corrected chi connectivity index (χ2v) is 6.96. The molecule has 2 aromatic carbocycles. The van der Waals surface area contributed by atoms with Gasteiger partial charge in [-0.3, -0.25) is 14.4 Å². The van der Waals surface area contributed by atoms with Crippen LogP contribution in [-0.4, -0.2) is 56.6 Å². The molecule has 2 aromatic rings. The number of methoxy groups -OCH3 is 1. The van der Waals surface area contributed by atoms with Crippen LogP contribution in [0.3, 0.4) is 0 Å². The first kappa shape index (κ1) is 23.7. The van der Waals surface area contributed by atoms with E-state index in [2.05, 4.69) is 5.32 Å². The van der Waals surface area contributed by atoms with E-state index in [1.807, 2.05) is 31.2 Å². The van der Waals surface area contributed by atoms with Gasteiger partial charge in [-0.05, 0) is 43.2 Å². The molecule has 8 nitrogen and oxygen atoms in total. The van der Waals surface area contributed by atoms with E-state index in [4.69, 9.17) is 14.2 Å². The first-order chi connectivity index (χ1) is 14.9. The van der Waals surface area contributed by atoms with E-state index in [1.54, 1.807) is 24.3 Å². The van der Waals surface area contributed by atoms with Crippen LogP contribution in [0, 0.1) is 6.92 Å². The Morgan fingerprint density at radius 3 is 2.52 bits per heavy atom. The zero-order chi connectivity index (χ0) is 22.6. The van der Waals surface area contributed by atoms with Crippen LogP contribution in [0.4, 0.5) is 5.69 Å². The Balaban J connectivity index is 1.63. The average molecular weight is 428 g/mol. The van der Waals surface area contributed by atoms with Gasteiger partial charge in [-0.2, -0.15) is 0 Å². The third-order valence-corrected chi connectivity index (χ3v) is 4.30. The van der Waals surface area contributed by atoms with Crippen molar-refractivity contribution in [2.45, 2.75) is 19.8 Å². The molecule has 0 fully saturated rings. The molecular formula is C23H28N2O6. The third-order valence-electron chi connectivity index (χ3n) is 4.30. The Labute approximate surface area is 182 Å². The van der Waals surface area contributed by atoms with Gasteiger partial charge in [-0.25, -0.2) is 0 Å². The van der Waals surface area contributed by atoms with Gasteiger partial charge in [0.05, 0.1) is 20.3 Å². The van der Waals surface area contributed by atoms with Crippen LogP contribution in [0.15, 0.2) is 48.5 Å². The van der Waals surface area contributed by atoms with Crippen LogP contribution < -0.4 is 14.8 Å². The highest BCUT2D eigenvalue weighted by atomic mass is 16.5. The van der Waals surface area contributed by atoms with Crippen molar-refractivity contribution in [2.75, 3.05) is 39.2 Å². The normalized spacial score (nSPS) is 10.2. The van der Waals surface area contributed by atoms with Crippen molar-refractivity contribution in [3.05, 3.63) is 54.1 Å². The summed E-state index contributed by atoms with van der Waals surface area (Å²) in [6, 6.07) is 14.5. The van der Waals surface area contributed by atoms with Crippen LogP contribution in [0.5, 0.6) is 11.5 Å². The molecular weight excluding hydrogens is 400 g/mol. The van der Waals surface area contributed by atoms with Crippen molar-refractivity contribution in [3.63, 3.8) is 0 Å². The number of hydrogen-bond donors (Lipinski definition) is 1. The van der Waals surface area contributed by atoms with Crippen LogP contribution in [0.2, 0.25) is 0 Å². The number of likely N-dealkylation sites (N-methyl/N-ethyl adjacent to an activating group) is 1. The summed E-state index contributed by atoms with van der Waals surface area (Å²) < 4.78 is 15.7. The molecule has 0 saturated carbocycles. The zero-order valence-electron chi connectivity index (χ0n) is 18.1. The van der Waals surface area contributed by atoms with Crippen molar-refractivity contribution in [2.24, 2.45) is 0 Å². The predicted molar refractivity (Wildman–Crippen MR) is 116 cm³/mol. The first-order valence-corrected chi connectivity index (χ1v) is 9.90. The Morgan fingerprint density at radius 2 is 1.77 bits per heavy atom. The van der Waals surface area contributed by atoms with Gasteiger partial charge in [0.25, 0.3) is 5.91 Å². The van der Waals surface area contributed by atoms with Gasteiger partial charge in [0.1, 0.15) is 11.5 Å². The SMILES string of the molecule is COc1cccc(NC(=O)CN(C)C(=O)COC(=O)CCCOc2cccc(C)c2)c1. The molecule has 0 saturated heterocycles. The van der Waals surface area contributed by atoms with Crippen LogP contribution in [-0.2, 0) is 19.1 Å². The van der Waals surface area contributed by atoms with E-state index in [0.717, 1.165) is 11.3 Å². The van der Waals surface area contributed by atoms with Gasteiger partial charge in [-0.15, -0.1) is 0 Å². The summed E-state index contributed by atoms with van der Waals surface area (Å²) in [4.78, 5) is 37.2. The van der Waals surface area contributed by atoms with Gasteiger partial charge in [-0.1, -0.05) is 18.2 Å². The number of hydrogen-bond acceptors (Lipinski definition) is 6. The number of benzene rings is 2. The maximum Gasteiger partial charge on any atom is 0.306 e. The summed E-state index contributed by atoms with van der Waals surface area (Å²) in [5.41, 5.74) is 1.65. The predicted octanol–water partition coefficient (Wildman–Crippen LogP) is 2.80. The lowest BCUT2D eigenvalue weighted by molar-refractivity contribution is -0.152. The molecule has 0 aliphatic carbocycles. The maximum atomic E-state index is 12.1. The number of nitrogens with one attached hydrogen (secondary N) is 1. The highest BCUT2D eigenvalue weighted by molar-refractivity contribution is 5.94. The molecule has 0 atom stereocenters. The first-order valence-electron chi connectivity index (χ1n) is 9.90. The maximum absolute atomic E-state index is 12.1. The minimum atomic E-state index is -0.490. The van der Waals surface area contributed by atoms with Crippen LogP contribution in [0.1, 0.15) is 18.4 Å². The fourth-order valence-corrected chi connectivity index (χ4v) is 2.64. The summed E-state index contributed by atoms with van der Waals surface area (Å²) in [6.45, 7) is 1.76. The molecule has 0 aliphatic heterocycles. The van der Waals surface area contributed by atoms with Crippen molar-refractivity contribution in [1.82, 2.24) is 4.90 Å². The van der Waals surface area contributed by atoms with Crippen molar-refractivity contribution in [3.8, 4) is 11.5 Å². The number of aryl methyl sites for hydroxylation is 1. The highest BCUT2D eigenvalue weighted by Gasteiger charge is 2.15. The lowest BCUT2D eigenvalue weighted by atomic mass is 10.2. The van der Waals surface area contributed by atoms with Crippen molar-refractivity contribution in [1.29, 1.82) is 0 Å². The standard InChI is InChI=1S/C23H28N2O6/c1-17-7-4-10-20(13-17)30-12-6-11-23(28)31-16-22(27)25(2)15-21(26)24-18-8-5-9-19(14-18)29-3/h4-5,7-10,13-14H,6,11-12,15-16H2,1-3H3,(H,24,26). The van der Waals surface area contributed by atoms with Gasteiger partial charge < -0.3 is 24.4 Å². The number of carbonyl (C=O) groups is 3. The van der Waals surface area contributed by atoms with E-state index < -0.39 is 18.5 Å². The lowest BCUT2D eigenvalue weighted by Gasteiger charge is -2.17. The molecule has 0 aromatic heterocycles. The number of anilines is 1. The number of carbonyl (C=O) groups excluding carboxylic acids is 3. The highest BCUT2D eigenvalue weighted by Crippen LogP contribution is 2.16. The van der Waals surface area contributed by atoms with Gasteiger partial charge in [0.15, 0.2) is 6.61 Å². The number of rotatable bonds is 11. The fourth-order valence-electron chi connectivity index (χ4n) is 2.64. The van der Waals surface area contributed by atoms with Crippen LogP contribution >= 0.6 is 0 Å². The molecule has 0 aliphatic rings. The average Bonchev–Trinajstić information content (AvgIpc) is 2.75. The minimum Gasteiger partial charge on any atom is -0.497 e. The van der Waals surface area contributed by atoms with Crippen molar-refractivity contribution < 1.29 is 28.6 Å². The zero-order valence-corrected chi connectivity index (χ0v) is 18.1. The molecule has 1 N–H and O–H groups in total. The van der Waals surface area contributed by atoms with Gasteiger partial charge in [0, 0.05) is 25.2 Å². The number of ether oxygens (including phenoxy) is 3. The van der Waals surface area contributed by atoms with Gasteiger partial charge >= 0.3 is 5.97 Å². The van der Waals surface area contributed by atoms with E-state index in [1.165, 1.54) is 19.1 Å². The Bertz CT molecular complexity index is 899. The Hall–Kier alpha value is -3.55. The Morgan fingerprint density at radius 1 is 1.03 bits per heavy atom. The molecule has 0 bridgehead atoms. The topological polar surface area (TPSA) is 94.2 Å². The molecule has 0 unspecified atom stereocenters. The largest absolute Gasteiger partial charge is 0.497 e. The summed E-state index contributed by atoms with van der Waals surface area (Å²) in [6.07, 6.45) is 0.610. The Kier molecular flexibility index (Phi) is 9.35. The molecule has 166 valence electrons. The van der Waals surface area contributed by atoms with Crippen molar-refractivity contribution >= 4 is 23.5 Å². The summed E-state index contributed by atoms with van der Waals surface area (Å²) in [5, 5.41) is 2.68. The van der Waals surface area contributed by atoms with E-state index >= 15 is 0 Å². The smallest absolute Gasteiger partial charge is 0.306 e. The summed E-state index contributed by atoms with van der Waals surface area (Å²) >= 11 is 0. The molecule has 2 rings (SSSR count). The third kappa shape index (κ3) is 8.77. The summed E-state index contributed by atoms with van der Waals surface area (Å²) in [7, 11) is 3.00. The molecule has 8 heteroatoms. The number of nitrogens with zero attached hydrogens (tertiary/aromatic N) is 1. The summed E-state index contributed by atoms with van der Waals surface area (Å²) in [5.74, 6) is 0.0279.